The van der Waals surface area contributed by atoms with E-state index in [0.29, 0.717) is 6.54 Å². The molecule has 0 bridgehead atoms. The molecule has 0 spiro atoms. The molecule has 18 heavy (non-hydrogen) atoms. The van der Waals surface area contributed by atoms with Crippen LogP contribution >= 0.6 is 0 Å². The van der Waals surface area contributed by atoms with Crippen LogP contribution in [-0.4, -0.2) is 15.3 Å². The largest absolute Gasteiger partial charge is 0.508 e. The van der Waals surface area contributed by atoms with E-state index in [9.17, 15) is 5.11 Å². The lowest BCUT2D eigenvalue weighted by molar-refractivity contribution is 0.475. The van der Waals surface area contributed by atoms with Gasteiger partial charge < -0.3 is 10.8 Å². The standard InChI is InChI=1S/C14H13N3O/c15-8-9-1-6-12-13(7-9)16-17-14(12)10-2-4-11(18)5-3-10/h1-7,18H,8,15H2,(H,16,17). The summed E-state index contributed by atoms with van der Waals surface area (Å²) in [4.78, 5) is 0. The molecule has 4 N–H and O–H groups in total. The maximum Gasteiger partial charge on any atom is 0.115 e. The predicted molar refractivity (Wildman–Crippen MR) is 71.1 cm³/mol. The third-order valence-corrected chi connectivity index (χ3v) is 3.00. The van der Waals surface area contributed by atoms with Gasteiger partial charge in [0, 0.05) is 17.5 Å². The Morgan fingerprint density at radius 3 is 2.61 bits per heavy atom. The second kappa shape index (κ2) is 4.16. The fourth-order valence-corrected chi connectivity index (χ4v) is 2.03. The number of nitrogens with two attached hydrogens (primary N) is 1. The maximum atomic E-state index is 9.29. The van der Waals surface area contributed by atoms with Crippen molar-refractivity contribution in [3.05, 3.63) is 48.0 Å². The molecular formula is C14H13N3O. The number of hydrogen-bond acceptors (Lipinski definition) is 3. The second-order valence-corrected chi connectivity index (χ2v) is 4.20. The number of rotatable bonds is 2. The summed E-state index contributed by atoms with van der Waals surface area (Å²) in [5, 5.41) is 17.7. The average molecular weight is 239 g/mol. The zero-order valence-electron chi connectivity index (χ0n) is 9.72. The first-order valence-electron chi connectivity index (χ1n) is 5.74. The van der Waals surface area contributed by atoms with Crippen molar-refractivity contribution in [3.8, 4) is 17.0 Å². The van der Waals surface area contributed by atoms with E-state index < -0.39 is 0 Å². The van der Waals surface area contributed by atoms with Crippen LogP contribution in [0.1, 0.15) is 5.56 Å². The van der Waals surface area contributed by atoms with Crippen molar-refractivity contribution in [1.82, 2.24) is 10.2 Å². The minimum absolute atomic E-state index is 0.254. The Morgan fingerprint density at radius 2 is 1.89 bits per heavy atom. The number of aromatic hydroxyl groups is 1. The lowest BCUT2D eigenvalue weighted by atomic mass is 10.1. The third kappa shape index (κ3) is 1.72. The number of aromatic nitrogens is 2. The highest BCUT2D eigenvalue weighted by Crippen LogP contribution is 2.27. The lowest BCUT2D eigenvalue weighted by Crippen LogP contribution is -1.95. The van der Waals surface area contributed by atoms with Crippen LogP contribution in [-0.2, 0) is 6.54 Å². The first kappa shape index (κ1) is 10.8. The Labute approximate surface area is 104 Å². The van der Waals surface area contributed by atoms with Crippen molar-refractivity contribution < 1.29 is 5.11 Å². The molecule has 1 heterocycles. The summed E-state index contributed by atoms with van der Waals surface area (Å²) in [6, 6.07) is 13.0. The van der Waals surface area contributed by atoms with E-state index in [4.69, 9.17) is 5.73 Å². The Balaban J connectivity index is 2.15. The molecule has 2 aromatic carbocycles. The zero-order chi connectivity index (χ0) is 12.5. The predicted octanol–water partition coefficient (Wildman–Crippen LogP) is 2.39. The molecule has 0 aliphatic heterocycles. The molecule has 0 saturated heterocycles. The van der Waals surface area contributed by atoms with Gasteiger partial charge in [0.25, 0.3) is 0 Å². The summed E-state index contributed by atoms with van der Waals surface area (Å²) in [5.74, 6) is 0.254. The van der Waals surface area contributed by atoms with E-state index in [1.165, 1.54) is 0 Å². The molecular weight excluding hydrogens is 226 g/mol. The molecule has 4 nitrogen and oxygen atoms in total. The SMILES string of the molecule is NCc1ccc2c(-c3ccc(O)cc3)n[nH]c2c1. The van der Waals surface area contributed by atoms with Crippen molar-refractivity contribution in [3.63, 3.8) is 0 Å². The van der Waals surface area contributed by atoms with E-state index in [2.05, 4.69) is 10.2 Å². The van der Waals surface area contributed by atoms with Crippen LogP contribution in [0.5, 0.6) is 5.75 Å². The summed E-state index contributed by atoms with van der Waals surface area (Å²) in [6.07, 6.45) is 0. The van der Waals surface area contributed by atoms with E-state index in [1.54, 1.807) is 12.1 Å². The first-order valence-corrected chi connectivity index (χ1v) is 5.74. The minimum atomic E-state index is 0.254. The highest BCUT2D eigenvalue weighted by molar-refractivity contribution is 5.93. The minimum Gasteiger partial charge on any atom is -0.508 e. The average Bonchev–Trinajstić information content (AvgIpc) is 2.82. The molecule has 4 heteroatoms. The van der Waals surface area contributed by atoms with Crippen molar-refractivity contribution in [1.29, 1.82) is 0 Å². The van der Waals surface area contributed by atoms with Crippen molar-refractivity contribution in [2.24, 2.45) is 5.73 Å². The van der Waals surface area contributed by atoms with Gasteiger partial charge in [0.15, 0.2) is 0 Å². The highest BCUT2D eigenvalue weighted by atomic mass is 16.3. The third-order valence-electron chi connectivity index (χ3n) is 3.00. The normalized spacial score (nSPS) is 10.9. The van der Waals surface area contributed by atoms with Crippen LogP contribution in [0.3, 0.4) is 0 Å². The van der Waals surface area contributed by atoms with Gasteiger partial charge in [0.1, 0.15) is 5.75 Å². The van der Waals surface area contributed by atoms with E-state index >= 15 is 0 Å². The molecule has 90 valence electrons. The summed E-state index contributed by atoms with van der Waals surface area (Å²) >= 11 is 0. The summed E-state index contributed by atoms with van der Waals surface area (Å²) in [6.45, 7) is 0.517. The monoisotopic (exact) mass is 239 g/mol. The van der Waals surface area contributed by atoms with Crippen LogP contribution in [0, 0.1) is 0 Å². The van der Waals surface area contributed by atoms with Gasteiger partial charge in [-0.1, -0.05) is 12.1 Å². The van der Waals surface area contributed by atoms with Gasteiger partial charge in [0.2, 0.25) is 0 Å². The van der Waals surface area contributed by atoms with Crippen LogP contribution in [0.25, 0.3) is 22.2 Å². The van der Waals surface area contributed by atoms with Gasteiger partial charge in [-0.05, 0) is 35.9 Å². The number of H-pyrrole nitrogens is 1. The van der Waals surface area contributed by atoms with Gasteiger partial charge in [-0.2, -0.15) is 5.10 Å². The van der Waals surface area contributed by atoms with Crippen LogP contribution in [0.4, 0.5) is 0 Å². The zero-order valence-corrected chi connectivity index (χ0v) is 9.72. The second-order valence-electron chi connectivity index (χ2n) is 4.20. The Hall–Kier alpha value is -2.33. The Morgan fingerprint density at radius 1 is 1.11 bits per heavy atom. The molecule has 0 amide bonds. The molecule has 0 aliphatic carbocycles. The van der Waals surface area contributed by atoms with Gasteiger partial charge in [-0.25, -0.2) is 0 Å². The van der Waals surface area contributed by atoms with Gasteiger partial charge >= 0.3 is 0 Å². The Kier molecular flexibility index (Phi) is 2.50. The van der Waals surface area contributed by atoms with Crippen LogP contribution in [0.15, 0.2) is 42.5 Å². The fraction of sp³-hybridized carbons (Fsp3) is 0.0714. The fourth-order valence-electron chi connectivity index (χ4n) is 2.03. The number of phenolic OH excluding ortho intramolecular Hbond substituents is 1. The number of benzene rings is 2. The summed E-state index contributed by atoms with van der Waals surface area (Å²) in [5.41, 5.74) is 9.51. The number of nitrogens with one attached hydrogen (secondary N) is 1. The Bertz CT molecular complexity index is 686. The smallest absolute Gasteiger partial charge is 0.115 e. The van der Waals surface area contributed by atoms with E-state index in [1.807, 2.05) is 30.3 Å². The molecule has 0 saturated carbocycles. The molecule has 0 aliphatic rings. The quantitative estimate of drug-likeness (QED) is 0.642. The number of hydrogen-bond donors (Lipinski definition) is 3. The molecule has 0 radical (unpaired) electrons. The van der Waals surface area contributed by atoms with Crippen molar-refractivity contribution in [2.75, 3.05) is 0 Å². The highest BCUT2D eigenvalue weighted by Gasteiger charge is 2.08. The van der Waals surface area contributed by atoms with Gasteiger partial charge in [-0.15, -0.1) is 0 Å². The summed E-state index contributed by atoms with van der Waals surface area (Å²) < 4.78 is 0. The number of nitrogens with zero attached hydrogens (tertiary/aromatic N) is 1. The van der Waals surface area contributed by atoms with Gasteiger partial charge in [-0.3, -0.25) is 5.10 Å². The number of fused-ring (bicyclic) bond motifs is 1. The summed E-state index contributed by atoms with van der Waals surface area (Å²) in [7, 11) is 0. The van der Waals surface area contributed by atoms with Crippen molar-refractivity contribution >= 4 is 10.9 Å². The molecule has 3 aromatic rings. The lowest BCUT2D eigenvalue weighted by Gasteiger charge is -1.99. The molecule has 3 rings (SSSR count). The molecule has 1 aromatic heterocycles. The van der Waals surface area contributed by atoms with Crippen molar-refractivity contribution in [2.45, 2.75) is 6.54 Å². The number of aromatic amines is 1. The van der Waals surface area contributed by atoms with E-state index in [-0.39, 0.29) is 5.75 Å². The first-order chi connectivity index (χ1) is 8.78. The van der Waals surface area contributed by atoms with E-state index in [0.717, 1.165) is 27.7 Å². The van der Waals surface area contributed by atoms with Crippen LogP contribution in [0.2, 0.25) is 0 Å². The number of phenols is 1. The van der Waals surface area contributed by atoms with Crippen LogP contribution < -0.4 is 5.73 Å². The van der Waals surface area contributed by atoms with Gasteiger partial charge in [0.05, 0.1) is 11.2 Å². The topological polar surface area (TPSA) is 74.9 Å². The maximum absolute atomic E-state index is 9.29. The molecule has 0 atom stereocenters. The molecule has 0 unspecified atom stereocenters. The molecule has 0 fully saturated rings.